The maximum absolute atomic E-state index is 10.0. The number of rotatable bonds is 3. The molecule has 0 heterocycles. The van der Waals surface area contributed by atoms with Gasteiger partial charge in [-0.2, -0.15) is 0 Å². The third-order valence-corrected chi connectivity index (χ3v) is 0.593. The molecule has 50 valence electrons. The van der Waals surface area contributed by atoms with E-state index >= 15 is 0 Å². The molecular weight excluding hydrogens is 173 g/mol. The summed E-state index contributed by atoms with van der Waals surface area (Å²) < 4.78 is 9.13. The number of hydrogen-bond acceptors (Lipinski definition) is 3. The maximum Gasteiger partial charge on any atom is 0.302 e. The Morgan fingerprint density at radius 2 is 2.00 bits per heavy atom. The van der Waals surface area contributed by atoms with Gasteiger partial charge in [-0.1, -0.05) is 0 Å². The van der Waals surface area contributed by atoms with Crippen LogP contribution in [0.5, 0.6) is 0 Å². The van der Waals surface area contributed by atoms with E-state index in [4.69, 9.17) is 0 Å². The van der Waals surface area contributed by atoms with Gasteiger partial charge in [-0.25, -0.2) is 0 Å². The molecule has 0 bridgehead atoms. The zero-order valence-corrected chi connectivity index (χ0v) is 8.81. The molecule has 0 saturated heterocycles. The minimum Gasteiger partial charge on any atom is -0.463 e. The van der Waals surface area contributed by atoms with Crippen LogP contribution in [0.1, 0.15) is 6.92 Å². The summed E-state index contributed by atoms with van der Waals surface area (Å²) in [4.78, 5) is 10.0. The first-order valence-electron chi connectivity index (χ1n) is 2.39. The number of carbonyl (C=O) groups is 1. The van der Waals surface area contributed by atoms with Crippen molar-refractivity contribution in [3.8, 4) is 0 Å². The van der Waals surface area contributed by atoms with E-state index in [0.29, 0.717) is 13.2 Å². The van der Waals surface area contributed by atoms with Gasteiger partial charge in [-0.3, -0.25) is 4.79 Å². The fraction of sp³-hybridized carbons (Fsp3) is 0.800. The van der Waals surface area contributed by atoms with E-state index in [2.05, 4.69) is 9.47 Å². The number of hydrogen-bond donors (Lipinski definition) is 0. The van der Waals surface area contributed by atoms with Crippen molar-refractivity contribution in [2.75, 3.05) is 20.3 Å². The molecule has 0 atom stereocenters. The topological polar surface area (TPSA) is 35.5 Å². The molecule has 0 rings (SSSR count). The molecule has 0 aliphatic rings. The molecule has 9 heavy (non-hydrogen) atoms. The molecule has 0 aromatic rings. The van der Waals surface area contributed by atoms with E-state index < -0.39 is 0 Å². The summed E-state index contributed by atoms with van der Waals surface area (Å²) in [5, 5.41) is 0. The Morgan fingerprint density at radius 1 is 1.44 bits per heavy atom. The molecule has 0 amide bonds. The fourth-order valence-electron chi connectivity index (χ4n) is 0.269. The summed E-state index contributed by atoms with van der Waals surface area (Å²) >= 11 is 0. The van der Waals surface area contributed by atoms with Crippen molar-refractivity contribution in [3.63, 3.8) is 0 Å². The van der Waals surface area contributed by atoms with Gasteiger partial charge in [0, 0.05) is 33.5 Å². The third kappa shape index (κ3) is 11.6. The van der Waals surface area contributed by atoms with Crippen molar-refractivity contribution < 1.29 is 33.7 Å². The summed E-state index contributed by atoms with van der Waals surface area (Å²) in [6, 6.07) is 0. The zero-order chi connectivity index (χ0) is 6.41. The van der Waals surface area contributed by atoms with Crippen LogP contribution in [0.25, 0.3) is 0 Å². The van der Waals surface area contributed by atoms with Crippen LogP contribution >= 0.6 is 0 Å². The van der Waals surface area contributed by atoms with E-state index in [1.165, 1.54) is 6.92 Å². The molecule has 0 aromatic carbocycles. The van der Waals surface area contributed by atoms with Crippen molar-refractivity contribution in [1.82, 2.24) is 0 Å². The van der Waals surface area contributed by atoms with E-state index in [0.717, 1.165) is 0 Å². The van der Waals surface area contributed by atoms with Gasteiger partial charge < -0.3 is 9.47 Å². The van der Waals surface area contributed by atoms with Crippen LogP contribution in [0.3, 0.4) is 0 Å². The van der Waals surface area contributed by atoms with Crippen molar-refractivity contribution in [2.45, 2.75) is 6.92 Å². The third-order valence-electron chi connectivity index (χ3n) is 0.593. The molecule has 0 unspecified atom stereocenters. The van der Waals surface area contributed by atoms with Gasteiger partial charge in [0.25, 0.3) is 0 Å². The van der Waals surface area contributed by atoms with Crippen LogP contribution in [0.4, 0.5) is 0 Å². The van der Waals surface area contributed by atoms with E-state index in [-0.39, 0.29) is 25.4 Å². The molecule has 4 heteroatoms. The van der Waals surface area contributed by atoms with Crippen LogP contribution in [0.2, 0.25) is 0 Å². The normalized spacial score (nSPS) is 7.78. The summed E-state index contributed by atoms with van der Waals surface area (Å²) in [6.07, 6.45) is 0. The minimum absolute atomic E-state index is 0. The Morgan fingerprint density at radius 3 is 2.33 bits per heavy atom. The summed E-state index contributed by atoms with van der Waals surface area (Å²) in [6.45, 7) is 2.20. The van der Waals surface area contributed by atoms with E-state index in [9.17, 15) is 4.79 Å². The van der Waals surface area contributed by atoms with Gasteiger partial charge in [0.1, 0.15) is 6.61 Å². The first kappa shape index (κ1) is 11.8. The van der Waals surface area contributed by atoms with Crippen LogP contribution in [0, 0.1) is 0 Å². The van der Waals surface area contributed by atoms with Crippen LogP contribution in [-0.4, -0.2) is 26.3 Å². The SMILES string of the molecule is COCCOC(C)=O.[Zn]. The van der Waals surface area contributed by atoms with Crippen molar-refractivity contribution in [3.05, 3.63) is 0 Å². The molecule has 0 aromatic heterocycles. The van der Waals surface area contributed by atoms with Crippen molar-refractivity contribution in [1.29, 1.82) is 0 Å². The summed E-state index contributed by atoms with van der Waals surface area (Å²) in [5.41, 5.74) is 0. The molecule has 0 radical (unpaired) electrons. The quantitative estimate of drug-likeness (QED) is 0.356. The molecule has 0 spiro atoms. The second-order valence-corrected chi connectivity index (χ2v) is 1.33. The average molecular weight is 184 g/mol. The van der Waals surface area contributed by atoms with Crippen molar-refractivity contribution in [2.24, 2.45) is 0 Å². The monoisotopic (exact) mass is 182 g/mol. The predicted octanol–water partition coefficient (Wildman–Crippen LogP) is 0.193. The Hall–Kier alpha value is 0.0534. The summed E-state index contributed by atoms with van der Waals surface area (Å²) in [7, 11) is 1.56. The molecule has 3 nitrogen and oxygen atoms in total. The Labute approximate surface area is 67.5 Å². The van der Waals surface area contributed by atoms with E-state index in [1.54, 1.807) is 7.11 Å². The Bertz CT molecular complexity index is 74.6. The largest absolute Gasteiger partial charge is 0.463 e. The molecule has 0 fully saturated rings. The molecule has 0 aliphatic carbocycles. The maximum atomic E-state index is 10.0. The molecule has 0 aliphatic heterocycles. The van der Waals surface area contributed by atoms with Gasteiger partial charge in [0.05, 0.1) is 6.61 Å². The van der Waals surface area contributed by atoms with Crippen molar-refractivity contribution >= 4 is 5.97 Å². The smallest absolute Gasteiger partial charge is 0.302 e. The number of carbonyl (C=O) groups excluding carboxylic acids is 1. The fourth-order valence-corrected chi connectivity index (χ4v) is 0.269. The van der Waals surface area contributed by atoms with Crippen LogP contribution < -0.4 is 0 Å². The molecule has 0 N–H and O–H groups in total. The first-order valence-corrected chi connectivity index (χ1v) is 2.39. The number of esters is 1. The molecular formula is C5H10O3Zn. The standard InChI is InChI=1S/C5H10O3.Zn/c1-5(6)8-4-3-7-2;/h3-4H2,1-2H3;. The average Bonchev–Trinajstić information content (AvgIpc) is 1.66. The van der Waals surface area contributed by atoms with Gasteiger partial charge in [0.2, 0.25) is 0 Å². The van der Waals surface area contributed by atoms with Gasteiger partial charge in [-0.05, 0) is 0 Å². The first-order chi connectivity index (χ1) is 3.77. The second kappa shape index (κ2) is 8.05. The number of methoxy groups -OCH3 is 1. The Kier molecular flexibility index (Phi) is 10.6. The summed E-state index contributed by atoms with van der Waals surface area (Å²) in [5.74, 6) is -0.262. The predicted molar refractivity (Wildman–Crippen MR) is 28.5 cm³/mol. The Balaban J connectivity index is 0. The number of ether oxygens (including phenoxy) is 2. The van der Waals surface area contributed by atoms with Gasteiger partial charge in [-0.15, -0.1) is 0 Å². The minimum atomic E-state index is -0.262. The molecule has 0 saturated carbocycles. The van der Waals surface area contributed by atoms with Gasteiger partial charge >= 0.3 is 5.97 Å². The van der Waals surface area contributed by atoms with Crippen LogP contribution in [-0.2, 0) is 33.7 Å². The second-order valence-electron chi connectivity index (χ2n) is 1.33. The van der Waals surface area contributed by atoms with Crippen LogP contribution in [0.15, 0.2) is 0 Å². The zero-order valence-electron chi connectivity index (χ0n) is 5.85. The van der Waals surface area contributed by atoms with E-state index in [1.807, 2.05) is 0 Å². The van der Waals surface area contributed by atoms with Gasteiger partial charge in [0.15, 0.2) is 0 Å².